The summed E-state index contributed by atoms with van der Waals surface area (Å²) in [6.45, 7) is 0. The van der Waals surface area contributed by atoms with Crippen molar-refractivity contribution in [1.29, 1.82) is 0 Å². The molecule has 58 heavy (non-hydrogen) atoms. The molecule has 2 unspecified atom stereocenters. The van der Waals surface area contributed by atoms with Crippen LogP contribution in [0.5, 0.6) is 0 Å². The molecule has 4 heterocycles. The Balaban J connectivity index is 1.13. The van der Waals surface area contributed by atoms with Crippen molar-refractivity contribution in [3.05, 3.63) is 218 Å². The molecule has 0 spiro atoms. The molecule has 5 nitrogen and oxygen atoms in total. The van der Waals surface area contributed by atoms with Gasteiger partial charge in [0.25, 0.3) is 0 Å². The second-order valence-corrected chi connectivity index (χ2v) is 15.1. The zero-order valence-corrected chi connectivity index (χ0v) is 31.6. The Hall–Kier alpha value is -7.63. The molecule has 2 aliphatic rings. The van der Waals surface area contributed by atoms with Gasteiger partial charge in [0.1, 0.15) is 11.6 Å². The third kappa shape index (κ3) is 4.80. The number of benzene rings is 7. The molecular weight excluding hydrogens is 707 g/mol. The molecule has 7 aromatic carbocycles. The minimum atomic E-state index is 0.0657. The molecular formula is C53H37N5. The number of pyridine rings is 1. The minimum Gasteiger partial charge on any atom is -0.316 e. The summed E-state index contributed by atoms with van der Waals surface area (Å²) in [6.07, 6.45) is 9.08. The Labute approximate surface area is 336 Å². The van der Waals surface area contributed by atoms with Gasteiger partial charge >= 0.3 is 0 Å². The maximum atomic E-state index is 5.70. The molecule has 1 aliphatic heterocycles. The highest BCUT2D eigenvalue weighted by atomic mass is 15.3. The zero-order chi connectivity index (χ0) is 38.2. The Morgan fingerprint density at radius 3 is 1.72 bits per heavy atom. The van der Waals surface area contributed by atoms with Crippen molar-refractivity contribution in [2.45, 2.75) is 12.0 Å². The van der Waals surface area contributed by atoms with Crippen LogP contribution in [0, 0.1) is 0 Å². The fourth-order valence-corrected chi connectivity index (χ4v) is 9.64. The Morgan fingerprint density at radius 1 is 0.431 bits per heavy atom. The van der Waals surface area contributed by atoms with E-state index < -0.39 is 0 Å². The smallest absolute Gasteiger partial charge is 0.140 e. The van der Waals surface area contributed by atoms with Gasteiger partial charge in [0.05, 0.1) is 39.5 Å². The molecule has 0 fully saturated rings. The first kappa shape index (κ1) is 32.6. The second kappa shape index (κ2) is 13.0. The maximum Gasteiger partial charge on any atom is 0.140 e. The lowest BCUT2D eigenvalue weighted by Gasteiger charge is -2.29. The second-order valence-electron chi connectivity index (χ2n) is 15.1. The normalized spacial score (nSPS) is 15.8. The van der Waals surface area contributed by atoms with Crippen LogP contribution in [0.2, 0.25) is 0 Å². The van der Waals surface area contributed by atoms with E-state index in [-0.39, 0.29) is 12.0 Å². The summed E-state index contributed by atoms with van der Waals surface area (Å²) in [5.41, 5.74) is 11.5. The lowest BCUT2D eigenvalue weighted by molar-refractivity contribution is 0.737. The topological polar surface area (TPSA) is 29.2 Å². The predicted octanol–water partition coefficient (Wildman–Crippen LogP) is 13.5. The molecule has 5 heteroatoms. The van der Waals surface area contributed by atoms with Crippen LogP contribution in [0.3, 0.4) is 0 Å². The highest BCUT2D eigenvalue weighted by molar-refractivity contribution is 6.16. The standard InChI is InChI=1S/C53H37N5/c1-4-18-36(19-5-1)55(37-20-6-2-7-21-37)48-31-16-27-42-39-24-11-14-29-46(39)57(51(42)48)49-32-17-33-50(54-49)58-47-30-15-12-26-41(47)44-35-34-43-40-25-10-13-28-45(40)56(52(43)53(44)58)38-22-8-3-9-23-38/h1-35,41,47H. The summed E-state index contributed by atoms with van der Waals surface area (Å²) in [7, 11) is 0. The number of hydrogen-bond acceptors (Lipinski definition) is 3. The predicted molar refractivity (Wildman–Crippen MR) is 241 cm³/mol. The average molecular weight is 744 g/mol. The van der Waals surface area contributed by atoms with Crippen molar-refractivity contribution < 1.29 is 0 Å². The number of allylic oxidation sites excluding steroid dienone is 2. The molecule has 3 aromatic heterocycles. The van der Waals surface area contributed by atoms with E-state index in [0.29, 0.717) is 0 Å². The number of anilines is 5. The Bertz CT molecular complexity index is 3210. The molecule has 0 radical (unpaired) electrons. The summed E-state index contributed by atoms with van der Waals surface area (Å²) in [5.74, 6) is 1.96. The van der Waals surface area contributed by atoms with Gasteiger partial charge in [-0.1, -0.05) is 146 Å². The van der Waals surface area contributed by atoms with Gasteiger partial charge in [-0.3, -0.25) is 4.57 Å². The monoisotopic (exact) mass is 743 g/mol. The molecule has 0 bridgehead atoms. The van der Waals surface area contributed by atoms with E-state index in [0.717, 1.165) is 45.4 Å². The van der Waals surface area contributed by atoms with Crippen LogP contribution in [0.4, 0.5) is 28.6 Å². The van der Waals surface area contributed by atoms with Crippen molar-refractivity contribution in [3.8, 4) is 11.5 Å². The highest BCUT2D eigenvalue weighted by Crippen LogP contribution is 2.53. The molecule has 10 aromatic rings. The van der Waals surface area contributed by atoms with Gasteiger partial charge < -0.3 is 14.4 Å². The van der Waals surface area contributed by atoms with E-state index in [1.807, 2.05) is 0 Å². The van der Waals surface area contributed by atoms with Gasteiger partial charge in [-0.15, -0.1) is 0 Å². The fraction of sp³-hybridized carbons (Fsp3) is 0.0377. The van der Waals surface area contributed by atoms with Crippen molar-refractivity contribution in [2.24, 2.45) is 0 Å². The van der Waals surface area contributed by atoms with Crippen molar-refractivity contribution >= 4 is 72.2 Å². The Morgan fingerprint density at radius 2 is 1.00 bits per heavy atom. The molecule has 1 aliphatic carbocycles. The third-order valence-corrected chi connectivity index (χ3v) is 12.0. The van der Waals surface area contributed by atoms with Crippen LogP contribution in [0.1, 0.15) is 11.5 Å². The van der Waals surface area contributed by atoms with Gasteiger partial charge in [-0.2, -0.15) is 0 Å². The van der Waals surface area contributed by atoms with Gasteiger partial charge in [0.15, 0.2) is 0 Å². The van der Waals surface area contributed by atoms with Gasteiger partial charge in [0, 0.05) is 44.5 Å². The van der Waals surface area contributed by atoms with Crippen LogP contribution in [0.15, 0.2) is 212 Å². The van der Waals surface area contributed by atoms with Crippen molar-refractivity contribution in [3.63, 3.8) is 0 Å². The zero-order valence-electron chi connectivity index (χ0n) is 31.6. The van der Waals surface area contributed by atoms with Crippen molar-refractivity contribution in [1.82, 2.24) is 14.1 Å². The minimum absolute atomic E-state index is 0.0657. The largest absolute Gasteiger partial charge is 0.316 e. The maximum absolute atomic E-state index is 5.70. The fourth-order valence-electron chi connectivity index (χ4n) is 9.64. The van der Waals surface area contributed by atoms with E-state index in [1.54, 1.807) is 0 Å². The highest BCUT2D eigenvalue weighted by Gasteiger charge is 2.40. The molecule has 2 atom stereocenters. The van der Waals surface area contributed by atoms with E-state index in [4.69, 9.17) is 4.98 Å². The summed E-state index contributed by atoms with van der Waals surface area (Å²) in [6, 6.07) is 67.5. The number of fused-ring (bicyclic) bond motifs is 10. The SMILES string of the molecule is C1=CC2c3ccc4c5ccccc5n(-c5ccccc5)c4c3N(c3cccc(-n4c5ccccc5c5cccc(N(c6ccccc6)c6ccccc6)c54)n3)C2C=C1. The quantitative estimate of drug-likeness (QED) is 0.170. The third-order valence-electron chi connectivity index (χ3n) is 12.0. The summed E-state index contributed by atoms with van der Waals surface area (Å²) >= 11 is 0. The average Bonchev–Trinajstić information content (AvgIpc) is 3.94. The number of hydrogen-bond donors (Lipinski definition) is 0. The molecule has 0 amide bonds. The van der Waals surface area contributed by atoms with Crippen LogP contribution in [-0.4, -0.2) is 20.2 Å². The number of rotatable bonds is 6. The first-order chi connectivity index (χ1) is 28.8. The van der Waals surface area contributed by atoms with E-state index in [9.17, 15) is 0 Å². The molecule has 274 valence electrons. The first-order valence-corrected chi connectivity index (χ1v) is 20.0. The summed E-state index contributed by atoms with van der Waals surface area (Å²) < 4.78 is 4.82. The van der Waals surface area contributed by atoms with Crippen LogP contribution >= 0.6 is 0 Å². The Kier molecular flexibility index (Phi) is 7.29. The van der Waals surface area contributed by atoms with Crippen molar-refractivity contribution in [2.75, 3.05) is 9.80 Å². The van der Waals surface area contributed by atoms with Crippen LogP contribution in [0.25, 0.3) is 55.1 Å². The summed E-state index contributed by atoms with van der Waals surface area (Å²) in [4.78, 5) is 10.6. The molecule has 0 N–H and O–H groups in total. The molecule has 0 saturated heterocycles. The van der Waals surface area contributed by atoms with Gasteiger partial charge in [-0.25, -0.2) is 4.98 Å². The number of nitrogens with zero attached hydrogens (tertiary/aromatic N) is 5. The van der Waals surface area contributed by atoms with E-state index in [2.05, 4.69) is 231 Å². The lowest BCUT2D eigenvalue weighted by atomic mass is 9.91. The summed E-state index contributed by atoms with van der Waals surface area (Å²) in [5, 5.41) is 4.85. The van der Waals surface area contributed by atoms with Crippen LogP contribution in [-0.2, 0) is 0 Å². The van der Waals surface area contributed by atoms with Gasteiger partial charge in [-0.05, 0) is 72.3 Å². The first-order valence-electron chi connectivity index (χ1n) is 20.0. The lowest BCUT2D eigenvalue weighted by Crippen LogP contribution is -2.29. The van der Waals surface area contributed by atoms with E-state index >= 15 is 0 Å². The molecule has 12 rings (SSSR count). The number of para-hydroxylation sites is 6. The number of aromatic nitrogens is 3. The molecule has 0 saturated carbocycles. The van der Waals surface area contributed by atoms with Gasteiger partial charge in [0.2, 0.25) is 0 Å². The van der Waals surface area contributed by atoms with Crippen LogP contribution < -0.4 is 9.80 Å². The van der Waals surface area contributed by atoms with E-state index in [1.165, 1.54) is 43.8 Å².